The smallest absolute Gasteiger partial charge is 0.229 e. The first kappa shape index (κ1) is 17.7. The Morgan fingerprint density at radius 2 is 2.11 bits per heavy atom. The van der Waals surface area contributed by atoms with Crippen LogP contribution in [0.5, 0.6) is 0 Å². The molecule has 5 heteroatoms. The molecule has 0 aromatic rings. The minimum atomic E-state index is -0.618. The fraction of sp³-hybridized carbons (Fsp3) is 0.923. The van der Waals surface area contributed by atoms with Crippen LogP contribution >= 0.6 is 11.6 Å². The monoisotopic (exact) mass is 279 g/mol. The van der Waals surface area contributed by atoms with Crippen LogP contribution in [0.4, 0.5) is 0 Å². The van der Waals surface area contributed by atoms with Crippen LogP contribution < -0.4 is 0 Å². The van der Waals surface area contributed by atoms with E-state index in [-0.39, 0.29) is 12.5 Å². The summed E-state index contributed by atoms with van der Waals surface area (Å²) in [6.45, 7) is 6.07. The summed E-state index contributed by atoms with van der Waals surface area (Å²) in [4.78, 5) is 14.0. The van der Waals surface area contributed by atoms with Crippen molar-refractivity contribution in [3.8, 4) is 0 Å². The van der Waals surface area contributed by atoms with Gasteiger partial charge in [-0.05, 0) is 26.2 Å². The Balaban J connectivity index is 4.86. The van der Waals surface area contributed by atoms with E-state index in [1.54, 1.807) is 18.9 Å². The summed E-state index contributed by atoms with van der Waals surface area (Å²) in [5.41, 5.74) is -0.618. The van der Waals surface area contributed by atoms with Crippen molar-refractivity contribution >= 4 is 17.5 Å². The van der Waals surface area contributed by atoms with Crippen molar-refractivity contribution in [1.82, 2.24) is 4.90 Å². The first-order valence-electron chi connectivity index (χ1n) is 6.50. The number of alkyl halides is 1. The molecule has 0 spiro atoms. The van der Waals surface area contributed by atoms with Gasteiger partial charge < -0.3 is 14.7 Å². The summed E-state index contributed by atoms with van der Waals surface area (Å²) in [7, 11) is 1.61. The molecule has 0 radical (unpaired) electrons. The van der Waals surface area contributed by atoms with Crippen LogP contribution in [0, 0.1) is 5.92 Å². The molecule has 2 unspecified atom stereocenters. The van der Waals surface area contributed by atoms with E-state index in [9.17, 15) is 4.79 Å². The van der Waals surface area contributed by atoms with Crippen molar-refractivity contribution in [3.63, 3.8) is 0 Å². The van der Waals surface area contributed by atoms with Gasteiger partial charge in [0.05, 0.1) is 12.5 Å². The van der Waals surface area contributed by atoms with Gasteiger partial charge >= 0.3 is 0 Å². The number of halogens is 1. The SMILES string of the molecule is CCC(C)(OC)N(CCCCCl)C(=O)C(C)CO. The van der Waals surface area contributed by atoms with Gasteiger partial charge in [-0.1, -0.05) is 13.8 Å². The number of ether oxygens (including phenoxy) is 1. The number of aliphatic hydroxyl groups is 1. The van der Waals surface area contributed by atoms with Crippen LogP contribution in [0.2, 0.25) is 0 Å². The molecule has 0 aliphatic heterocycles. The number of rotatable bonds is 9. The van der Waals surface area contributed by atoms with E-state index in [2.05, 4.69) is 0 Å². The number of unbranched alkanes of at least 4 members (excludes halogenated alkanes) is 1. The number of methoxy groups -OCH3 is 1. The van der Waals surface area contributed by atoms with Crippen molar-refractivity contribution < 1.29 is 14.6 Å². The van der Waals surface area contributed by atoms with Gasteiger partial charge in [0.25, 0.3) is 0 Å². The van der Waals surface area contributed by atoms with Gasteiger partial charge in [-0.15, -0.1) is 11.6 Å². The molecule has 2 atom stereocenters. The van der Waals surface area contributed by atoms with Crippen molar-refractivity contribution in [2.75, 3.05) is 26.1 Å². The lowest BCUT2D eigenvalue weighted by Crippen LogP contribution is -2.53. The number of carbonyl (C=O) groups excluding carboxylic acids is 1. The molecule has 1 amide bonds. The Morgan fingerprint density at radius 3 is 2.50 bits per heavy atom. The molecular formula is C13H26ClNO3. The van der Waals surface area contributed by atoms with Gasteiger partial charge in [-0.2, -0.15) is 0 Å². The van der Waals surface area contributed by atoms with Crippen LogP contribution in [0.1, 0.15) is 40.0 Å². The molecule has 0 saturated carbocycles. The van der Waals surface area contributed by atoms with Crippen molar-refractivity contribution in [3.05, 3.63) is 0 Å². The van der Waals surface area contributed by atoms with E-state index < -0.39 is 11.6 Å². The summed E-state index contributed by atoms with van der Waals surface area (Å²) in [5, 5.41) is 9.13. The molecule has 1 N–H and O–H groups in total. The van der Waals surface area contributed by atoms with Gasteiger partial charge in [-0.3, -0.25) is 4.79 Å². The molecule has 4 nitrogen and oxygen atoms in total. The van der Waals surface area contributed by atoms with E-state index in [0.717, 1.165) is 12.8 Å². The average Bonchev–Trinajstić information content (AvgIpc) is 2.41. The van der Waals surface area contributed by atoms with Crippen LogP contribution in [0.15, 0.2) is 0 Å². The molecule has 0 fully saturated rings. The summed E-state index contributed by atoms with van der Waals surface area (Å²) >= 11 is 5.66. The molecule has 0 aromatic carbocycles. The molecule has 0 aromatic heterocycles. The second-order valence-corrected chi connectivity index (χ2v) is 5.08. The lowest BCUT2D eigenvalue weighted by molar-refractivity contribution is -0.169. The minimum absolute atomic E-state index is 0.0710. The number of nitrogens with zero attached hydrogens (tertiary/aromatic N) is 1. The maximum Gasteiger partial charge on any atom is 0.229 e. The molecule has 0 aliphatic carbocycles. The highest BCUT2D eigenvalue weighted by Crippen LogP contribution is 2.23. The Hall–Kier alpha value is -0.320. The Labute approximate surface area is 115 Å². The maximum atomic E-state index is 12.3. The standard InChI is InChI=1S/C13H26ClNO3/c1-5-13(3,18-4)15(9-7-6-8-14)12(17)11(2)10-16/h11,16H,5-10H2,1-4H3. The zero-order valence-corrected chi connectivity index (χ0v) is 12.7. The van der Waals surface area contributed by atoms with Gasteiger partial charge in [-0.25, -0.2) is 0 Å². The zero-order valence-electron chi connectivity index (χ0n) is 11.9. The lowest BCUT2D eigenvalue weighted by Gasteiger charge is -2.41. The van der Waals surface area contributed by atoms with Crippen molar-refractivity contribution in [2.24, 2.45) is 5.92 Å². The largest absolute Gasteiger partial charge is 0.396 e. The van der Waals surface area contributed by atoms with Crippen LogP contribution in [-0.4, -0.2) is 47.8 Å². The minimum Gasteiger partial charge on any atom is -0.396 e. The molecule has 0 bridgehead atoms. The van der Waals surface area contributed by atoms with E-state index in [1.165, 1.54) is 0 Å². The Kier molecular flexibility index (Phi) is 8.57. The van der Waals surface area contributed by atoms with Gasteiger partial charge in [0, 0.05) is 19.5 Å². The number of carbonyl (C=O) groups is 1. The van der Waals surface area contributed by atoms with E-state index >= 15 is 0 Å². The van der Waals surface area contributed by atoms with Crippen LogP contribution in [-0.2, 0) is 9.53 Å². The molecule has 0 heterocycles. The van der Waals surface area contributed by atoms with E-state index in [0.29, 0.717) is 18.8 Å². The summed E-state index contributed by atoms with van der Waals surface area (Å²) in [5.74, 6) is 0.119. The molecular weight excluding hydrogens is 254 g/mol. The second-order valence-electron chi connectivity index (χ2n) is 4.70. The fourth-order valence-corrected chi connectivity index (χ4v) is 1.92. The molecule has 108 valence electrons. The predicted octanol–water partition coefficient (Wildman–Crippen LogP) is 2.24. The van der Waals surface area contributed by atoms with Gasteiger partial charge in [0.1, 0.15) is 5.72 Å². The average molecular weight is 280 g/mol. The topological polar surface area (TPSA) is 49.8 Å². The summed E-state index contributed by atoms with van der Waals surface area (Å²) in [6, 6.07) is 0. The number of hydrogen-bond acceptors (Lipinski definition) is 3. The van der Waals surface area contributed by atoms with Crippen molar-refractivity contribution in [2.45, 2.75) is 45.8 Å². The molecule has 0 saturated heterocycles. The Bertz CT molecular complexity index is 244. The normalized spacial score (nSPS) is 16.1. The number of amides is 1. The second kappa shape index (κ2) is 8.73. The molecule has 0 aliphatic rings. The maximum absolute atomic E-state index is 12.3. The molecule has 0 rings (SSSR count). The van der Waals surface area contributed by atoms with Crippen LogP contribution in [0.25, 0.3) is 0 Å². The summed E-state index contributed by atoms with van der Waals surface area (Å²) < 4.78 is 5.49. The zero-order chi connectivity index (χ0) is 14.2. The Morgan fingerprint density at radius 1 is 1.50 bits per heavy atom. The highest BCUT2D eigenvalue weighted by Gasteiger charge is 2.35. The number of aliphatic hydroxyl groups excluding tert-OH is 1. The van der Waals surface area contributed by atoms with Crippen LogP contribution in [0.3, 0.4) is 0 Å². The first-order chi connectivity index (χ1) is 8.46. The summed E-state index contributed by atoms with van der Waals surface area (Å²) in [6.07, 6.45) is 2.41. The first-order valence-corrected chi connectivity index (χ1v) is 7.03. The third-order valence-electron chi connectivity index (χ3n) is 3.39. The van der Waals surface area contributed by atoms with E-state index in [4.69, 9.17) is 21.4 Å². The predicted molar refractivity (Wildman–Crippen MR) is 73.6 cm³/mol. The van der Waals surface area contributed by atoms with Gasteiger partial charge in [0.15, 0.2) is 0 Å². The number of hydrogen-bond donors (Lipinski definition) is 1. The molecule has 18 heavy (non-hydrogen) atoms. The highest BCUT2D eigenvalue weighted by atomic mass is 35.5. The highest BCUT2D eigenvalue weighted by molar-refractivity contribution is 6.17. The third kappa shape index (κ3) is 4.75. The lowest BCUT2D eigenvalue weighted by atomic mass is 10.1. The van der Waals surface area contributed by atoms with E-state index in [1.807, 2.05) is 13.8 Å². The quantitative estimate of drug-likeness (QED) is 0.400. The van der Waals surface area contributed by atoms with Gasteiger partial charge in [0.2, 0.25) is 5.91 Å². The third-order valence-corrected chi connectivity index (χ3v) is 3.66. The van der Waals surface area contributed by atoms with Crippen molar-refractivity contribution in [1.29, 1.82) is 0 Å². The fourth-order valence-electron chi connectivity index (χ4n) is 1.73.